The monoisotopic (exact) mass is 269 g/mol. The van der Waals surface area contributed by atoms with Crippen LogP contribution in [0.25, 0.3) is 6.08 Å². The highest BCUT2D eigenvalue weighted by molar-refractivity contribution is 5.50. The van der Waals surface area contributed by atoms with Gasteiger partial charge in [0.2, 0.25) is 0 Å². The zero-order valence-corrected chi connectivity index (χ0v) is 10.8. The van der Waals surface area contributed by atoms with Gasteiger partial charge in [0.25, 0.3) is 0 Å². The summed E-state index contributed by atoms with van der Waals surface area (Å²) in [5, 5.41) is 0. The van der Waals surface area contributed by atoms with Crippen molar-refractivity contribution < 1.29 is 13.2 Å². The summed E-state index contributed by atoms with van der Waals surface area (Å²) in [5.41, 5.74) is 0.214. The fourth-order valence-corrected chi connectivity index (χ4v) is 2.26. The Hall–Kier alpha value is -1.29. The van der Waals surface area contributed by atoms with Gasteiger partial charge in [0, 0.05) is 6.54 Å². The minimum Gasteiger partial charge on any atom is -0.300 e. The number of likely N-dealkylation sites (tertiary alicyclic amines) is 1. The van der Waals surface area contributed by atoms with Crippen LogP contribution >= 0.6 is 0 Å². The van der Waals surface area contributed by atoms with E-state index in [-0.39, 0.29) is 0 Å². The van der Waals surface area contributed by atoms with Crippen LogP contribution in [0.3, 0.4) is 0 Å². The molecule has 1 aromatic rings. The topological polar surface area (TPSA) is 3.24 Å². The summed E-state index contributed by atoms with van der Waals surface area (Å²) in [5.74, 6) is 0. The number of piperidine rings is 1. The molecule has 104 valence electrons. The van der Waals surface area contributed by atoms with E-state index in [0.29, 0.717) is 0 Å². The molecule has 0 atom stereocenters. The van der Waals surface area contributed by atoms with Crippen LogP contribution in [0.4, 0.5) is 13.2 Å². The molecule has 1 aromatic carbocycles. The second kappa shape index (κ2) is 6.24. The summed E-state index contributed by atoms with van der Waals surface area (Å²) in [6.45, 7) is 3.12. The molecule has 0 aromatic heterocycles. The van der Waals surface area contributed by atoms with Crippen molar-refractivity contribution in [2.45, 2.75) is 25.4 Å². The molecule has 0 saturated carbocycles. The lowest BCUT2D eigenvalue weighted by atomic mass is 10.1. The fourth-order valence-electron chi connectivity index (χ4n) is 2.26. The van der Waals surface area contributed by atoms with Gasteiger partial charge >= 0.3 is 6.18 Å². The Morgan fingerprint density at radius 2 is 1.63 bits per heavy atom. The number of nitrogens with zero attached hydrogens (tertiary/aromatic N) is 1. The largest absolute Gasteiger partial charge is 0.416 e. The highest BCUT2D eigenvalue weighted by Gasteiger charge is 2.29. The molecule has 0 N–H and O–H groups in total. The van der Waals surface area contributed by atoms with Gasteiger partial charge in [-0.3, -0.25) is 4.90 Å². The summed E-state index contributed by atoms with van der Waals surface area (Å²) in [7, 11) is 0. The summed E-state index contributed by atoms with van der Waals surface area (Å²) < 4.78 is 37.2. The molecule has 2 rings (SSSR count). The van der Waals surface area contributed by atoms with E-state index in [9.17, 15) is 13.2 Å². The Labute approximate surface area is 111 Å². The first-order chi connectivity index (χ1) is 9.05. The summed E-state index contributed by atoms with van der Waals surface area (Å²) in [6.07, 6.45) is 3.44. The Balaban J connectivity index is 1.88. The Kier molecular flexibility index (Phi) is 4.64. The minimum absolute atomic E-state index is 0.597. The first kappa shape index (κ1) is 14.1. The SMILES string of the molecule is FC(F)(F)c1ccc(/C=C/CN2CCCCC2)cc1. The second-order valence-electron chi connectivity index (χ2n) is 4.88. The molecule has 0 aliphatic carbocycles. The van der Waals surface area contributed by atoms with E-state index >= 15 is 0 Å². The van der Waals surface area contributed by atoms with Gasteiger partial charge in [0.1, 0.15) is 0 Å². The van der Waals surface area contributed by atoms with Crippen molar-refractivity contribution in [3.05, 3.63) is 41.5 Å². The van der Waals surface area contributed by atoms with Gasteiger partial charge in [-0.2, -0.15) is 13.2 Å². The van der Waals surface area contributed by atoms with Gasteiger partial charge in [-0.25, -0.2) is 0 Å². The lowest BCUT2D eigenvalue weighted by Crippen LogP contribution is -2.29. The maximum Gasteiger partial charge on any atom is 0.416 e. The molecule has 0 radical (unpaired) electrons. The van der Waals surface area contributed by atoms with Crippen LogP contribution < -0.4 is 0 Å². The van der Waals surface area contributed by atoms with Gasteiger partial charge in [0.15, 0.2) is 0 Å². The molecule has 0 unspecified atom stereocenters. The second-order valence-corrected chi connectivity index (χ2v) is 4.88. The lowest BCUT2D eigenvalue weighted by Gasteiger charge is -2.24. The third-order valence-electron chi connectivity index (χ3n) is 3.36. The van der Waals surface area contributed by atoms with E-state index in [1.807, 2.05) is 12.2 Å². The van der Waals surface area contributed by atoms with Crippen LogP contribution in [0, 0.1) is 0 Å². The van der Waals surface area contributed by atoms with Crippen molar-refractivity contribution >= 4 is 6.08 Å². The molecule has 1 aliphatic rings. The van der Waals surface area contributed by atoms with Gasteiger partial charge in [-0.1, -0.05) is 30.7 Å². The lowest BCUT2D eigenvalue weighted by molar-refractivity contribution is -0.137. The molecule has 0 bridgehead atoms. The van der Waals surface area contributed by atoms with Crippen LogP contribution in [0.2, 0.25) is 0 Å². The zero-order chi connectivity index (χ0) is 13.7. The van der Waals surface area contributed by atoms with Crippen molar-refractivity contribution in [1.29, 1.82) is 0 Å². The molecular formula is C15H18F3N. The number of benzene rings is 1. The van der Waals surface area contributed by atoms with Crippen LogP contribution in [-0.4, -0.2) is 24.5 Å². The third-order valence-corrected chi connectivity index (χ3v) is 3.36. The Bertz CT molecular complexity index is 414. The van der Waals surface area contributed by atoms with Crippen LogP contribution in [0.15, 0.2) is 30.3 Å². The smallest absolute Gasteiger partial charge is 0.300 e. The van der Waals surface area contributed by atoms with E-state index in [4.69, 9.17) is 0 Å². The van der Waals surface area contributed by atoms with Gasteiger partial charge < -0.3 is 0 Å². The van der Waals surface area contributed by atoms with Crippen molar-refractivity contribution in [2.75, 3.05) is 19.6 Å². The van der Waals surface area contributed by atoms with Crippen LogP contribution in [0.5, 0.6) is 0 Å². The summed E-state index contributed by atoms with van der Waals surface area (Å²) in [4.78, 5) is 2.37. The molecule has 0 amide bonds. The first-order valence-electron chi connectivity index (χ1n) is 6.62. The first-order valence-corrected chi connectivity index (χ1v) is 6.62. The highest BCUT2D eigenvalue weighted by atomic mass is 19.4. The predicted molar refractivity (Wildman–Crippen MR) is 70.8 cm³/mol. The standard InChI is InChI=1S/C15H18F3N/c16-15(17,18)14-8-6-13(7-9-14)5-4-12-19-10-2-1-3-11-19/h4-9H,1-3,10-12H2/b5-4+. The molecule has 1 nitrogen and oxygen atoms in total. The third kappa shape index (κ3) is 4.39. The maximum absolute atomic E-state index is 12.4. The maximum atomic E-state index is 12.4. The average Bonchev–Trinajstić information content (AvgIpc) is 2.39. The number of hydrogen-bond donors (Lipinski definition) is 0. The number of hydrogen-bond acceptors (Lipinski definition) is 1. The Morgan fingerprint density at radius 3 is 2.21 bits per heavy atom. The molecule has 1 heterocycles. The molecule has 4 heteroatoms. The summed E-state index contributed by atoms with van der Waals surface area (Å²) in [6, 6.07) is 5.27. The Morgan fingerprint density at radius 1 is 1.00 bits per heavy atom. The van der Waals surface area contributed by atoms with Crippen LogP contribution in [0.1, 0.15) is 30.4 Å². The van der Waals surface area contributed by atoms with E-state index in [1.165, 1.54) is 31.4 Å². The van der Waals surface area contributed by atoms with Crippen molar-refractivity contribution in [3.8, 4) is 0 Å². The molecule has 1 fully saturated rings. The van der Waals surface area contributed by atoms with Crippen molar-refractivity contribution in [2.24, 2.45) is 0 Å². The van der Waals surface area contributed by atoms with Gasteiger partial charge in [0.05, 0.1) is 5.56 Å². The van der Waals surface area contributed by atoms with E-state index in [2.05, 4.69) is 4.90 Å². The number of alkyl halides is 3. The van der Waals surface area contributed by atoms with Gasteiger partial charge in [-0.15, -0.1) is 0 Å². The normalized spacial score (nSPS) is 18.1. The summed E-state index contributed by atoms with van der Waals surface area (Å²) >= 11 is 0. The van der Waals surface area contributed by atoms with Crippen molar-refractivity contribution in [3.63, 3.8) is 0 Å². The van der Waals surface area contributed by atoms with Crippen LogP contribution in [-0.2, 0) is 6.18 Å². The zero-order valence-electron chi connectivity index (χ0n) is 10.8. The molecule has 1 saturated heterocycles. The van der Waals surface area contributed by atoms with E-state index < -0.39 is 11.7 Å². The highest BCUT2D eigenvalue weighted by Crippen LogP contribution is 2.29. The molecular weight excluding hydrogens is 251 g/mol. The number of rotatable bonds is 3. The van der Waals surface area contributed by atoms with E-state index in [1.54, 1.807) is 0 Å². The average molecular weight is 269 g/mol. The van der Waals surface area contributed by atoms with Crippen molar-refractivity contribution in [1.82, 2.24) is 4.90 Å². The minimum atomic E-state index is -4.25. The molecule has 1 aliphatic heterocycles. The fraction of sp³-hybridized carbons (Fsp3) is 0.467. The molecule has 0 spiro atoms. The van der Waals surface area contributed by atoms with E-state index in [0.717, 1.165) is 37.3 Å². The quantitative estimate of drug-likeness (QED) is 0.794. The predicted octanol–water partition coefficient (Wildman–Crippen LogP) is 4.20. The van der Waals surface area contributed by atoms with Gasteiger partial charge in [-0.05, 0) is 43.6 Å². The molecule has 19 heavy (non-hydrogen) atoms. The number of halogens is 3.